The highest BCUT2D eigenvalue weighted by Crippen LogP contribution is 2.34. The van der Waals surface area contributed by atoms with Crippen LogP contribution in [0, 0.1) is 0 Å². The molecule has 1 amide bonds. The fourth-order valence-corrected chi connectivity index (χ4v) is 3.74. The molecule has 1 N–H and O–H groups in total. The van der Waals surface area contributed by atoms with Gasteiger partial charge in [0.1, 0.15) is 0 Å². The largest absolute Gasteiger partial charge is 0.454 e. The van der Waals surface area contributed by atoms with Crippen LogP contribution in [0.25, 0.3) is 16.2 Å². The summed E-state index contributed by atoms with van der Waals surface area (Å²) in [6, 6.07) is 10.5. The van der Waals surface area contributed by atoms with E-state index in [0.717, 1.165) is 6.07 Å². The molecule has 3 aromatic heterocycles. The first-order valence-electron chi connectivity index (χ1n) is 9.13. The number of ether oxygens (including phenoxy) is 2. The Morgan fingerprint density at radius 1 is 1.19 bits per heavy atom. The van der Waals surface area contributed by atoms with Gasteiger partial charge in [-0.2, -0.15) is 23.4 Å². The molecule has 12 heteroatoms. The maximum Gasteiger partial charge on any atom is 0.433 e. The van der Waals surface area contributed by atoms with Crippen LogP contribution in [0.4, 0.5) is 13.2 Å². The zero-order chi connectivity index (χ0) is 22.3. The van der Waals surface area contributed by atoms with Crippen molar-refractivity contribution in [2.24, 2.45) is 5.10 Å². The third-order valence-electron chi connectivity index (χ3n) is 4.50. The van der Waals surface area contributed by atoms with Crippen LogP contribution in [0.2, 0.25) is 0 Å². The predicted molar refractivity (Wildman–Crippen MR) is 109 cm³/mol. The van der Waals surface area contributed by atoms with Gasteiger partial charge in [-0.15, -0.1) is 11.3 Å². The predicted octanol–water partition coefficient (Wildman–Crippen LogP) is 3.97. The smallest absolute Gasteiger partial charge is 0.433 e. The van der Waals surface area contributed by atoms with Crippen molar-refractivity contribution in [2.45, 2.75) is 6.18 Å². The molecule has 162 valence electrons. The summed E-state index contributed by atoms with van der Waals surface area (Å²) in [7, 11) is 0. The molecule has 0 radical (unpaired) electrons. The monoisotopic (exact) mass is 459 g/mol. The third kappa shape index (κ3) is 3.75. The number of carbonyl (C=O) groups is 1. The van der Waals surface area contributed by atoms with Gasteiger partial charge >= 0.3 is 6.18 Å². The second kappa shape index (κ2) is 7.64. The van der Waals surface area contributed by atoms with Crippen LogP contribution in [-0.2, 0) is 6.18 Å². The van der Waals surface area contributed by atoms with E-state index in [1.807, 2.05) is 0 Å². The molecule has 0 unspecified atom stereocenters. The highest BCUT2D eigenvalue weighted by Gasteiger charge is 2.35. The van der Waals surface area contributed by atoms with Gasteiger partial charge in [0.05, 0.1) is 16.8 Å². The van der Waals surface area contributed by atoms with Gasteiger partial charge in [0, 0.05) is 6.07 Å². The van der Waals surface area contributed by atoms with Gasteiger partial charge < -0.3 is 9.47 Å². The van der Waals surface area contributed by atoms with Crippen molar-refractivity contribution in [1.29, 1.82) is 0 Å². The summed E-state index contributed by atoms with van der Waals surface area (Å²) < 4.78 is 51.9. The lowest BCUT2D eigenvalue weighted by Crippen LogP contribution is -2.19. The molecule has 5 rings (SSSR count). The minimum absolute atomic E-state index is 0.104. The number of aromatic nitrogens is 3. The van der Waals surface area contributed by atoms with E-state index in [-0.39, 0.29) is 23.8 Å². The first kappa shape index (κ1) is 20.0. The lowest BCUT2D eigenvalue weighted by molar-refractivity contribution is -0.142. The van der Waals surface area contributed by atoms with Crippen LogP contribution in [-0.4, -0.2) is 33.5 Å². The number of thiophene rings is 1. The van der Waals surface area contributed by atoms with Crippen molar-refractivity contribution in [3.05, 3.63) is 64.8 Å². The van der Waals surface area contributed by atoms with Crippen molar-refractivity contribution < 1.29 is 27.4 Å². The van der Waals surface area contributed by atoms with E-state index in [0.29, 0.717) is 26.5 Å². The molecule has 0 spiro atoms. The van der Waals surface area contributed by atoms with Crippen molar-refractivity contribution in [3.63, 3.8) is 0 Å². The van der Waals surface area contributed by atoms with Crippen LogP contribution in [0.1, 0.15) is 21.7 Å². The maximum absolute atomic E-state index is 13.6. The van der Waals surface area contributed by atoms with Crippen LogP contribution in [0.15, 0.2) is 52.9 Å². The number of nitrogens with one attached hydrogen (secondary N) is 1. The lowest BCUT2D eigenvalue weighted by Gasteiger charge is -2.10. The van der Waals surface area contributed by atoms with E-state index in [4.69, 9.17) is 9.47 Å². The number of amides is 1. The number of hydrogen-bond donors (Lipinski definition) is 1. The number of halogens is 3. The molecule has 0 atom stereocenters. The Morgan fingerprint density at radius 2 is 2.03 bits per heavy atom. The van der Waals surface area contributed by atoms with Crippen LogP contribution in [0.3, 0.4) is 0 Å². The molecule has 0 aliphatic carbocycles. The molecule has 8 nitrogen and oxygen atoms in total. The SMILES string of the molecule is O=C(N/N=C/c1ccc2c(c1)OCO2)c1cc2nc(-c3cccs3)cc(C(F)(F)F)n2n1. The topological polar surface area (TPSA) is 90.1 Å². The van der Waals surface area contributed by atoms with Crippen molar-refractivity contribution in [1.82, 2.24) is 20.0 Å². The molecule has 0 saturated heterocycles. The molecule has 1 aliphatic heterocycles. The van der Waals surface area contributed by atoms with E-state index >= 15 is 0 Å². The molecule has 4 aromatic rings. The Balaban J connectivity index is 1.42. The van der Waals surface area contributed by atoms with Gasteiger partial charge in [-0.05, 0) is 41.3 Å². The van der Waals surface area contributed by atoms with E-state index in [1.54, 1.807) is 35.7 Å². The zero-order valence-corrected chi connectivity index (χ0v) is 16.8. The average Bonchev–Trinajstić information content (AvgIpc) is 3.51. The molecule has 0 fully saturated rings. The molecule has 0 bridgehead atoms. The Labute approximate surface area is 181 Å². The normalized spacial score (nSPS) is 13.2. The summed E-state index contributed by atoms with van der Waals surface area (Å²) in [5.74, 6) is 0.372. The van der Waals surface area contributed by atoms with Crippen molar-refractivity contribution in [2.75, 3.05) is 6.79 Å². The second-order valence-corrected chi connectivity index (χ2v) is 7.56. The average molecular weight is 459 g/mol. The summed E-state index contributed by atoms with van der Waals surface area (Å²) in [6.45, 7) is 0.128. The summed E-state index contributed by atoms with van der Waals surface area (Å²) in [4.78, 5) is 17.2. The van der Waals surface area contributed by atoms with E-state index in [1.165, 1.54) is 23.6 Å². The number of carbonyl (C=O) groups excluding carboxylic acids is 1. The van der Waals surface area contributed by atoms with Gasteiger partial charge in [-0.3, -0.25) is 4.79 Å². The molecule has 0 saturated carbocycles. The fraction of sp³-hybridized carbons (Fsp3) is 0.100. The molecule has 1 aromatic carbocycles. The number of hydrazone groups is 1. The molecule has 1 aliphatic rings. The van der Waals surface area contributed by atoms with Gasteiger partial charge in [0.25, 0.3) is 5.91 Å². The van der Waals surface area contributed by atoms with E-state index in [9.17, 15) is 18.0 Å². The Bertz CT molecular complexity index is 1350. The van der Waals surface area contributed by atoms with Crippen LogP contribution in [0.5, 0.6) is 11.5 Å². The van der Waals surface area contributed by atoms with Gasteiger partial charge in [-0.1, -0.05) is 6.07 Å². The lowest BCUT2D eigenvalue weighted by atomic mass is 10.2. The number of fused-ring (bicyclic) bond motifs is 2. The van der Waals surface area contributed by atoms with Gasteiger partial charge in [-0.25, -0.2) is 14.9 Å². The minimum Gasteiger partial charge on any atom is -0.454 e. The fourth-order valence-electron chi connectivity index (χ4n) is 3.05. The van der Waals surface area contributed by atoms with Gasteiger partial charge in [0.15, 0.2) is 28.5 Å². The van der Waals surface area contributed by atoms with Crippen molar-refractivity contribution in [3.8, 4) is 22.1 Å². The zero-order valence-electron chi connectivity index (χ0n) is 16.0. The summed E-state index contributed by atoms with van der Waals surface area (Å²) >= 11 is 1.26. The molecular weight excluding hydrogens is 447 g/mol. The molecule has 4 heterocycles. The highest BCUT2D eigenvalue weighted by atomic mass is 32.1. The van der Waals surface area contributed by atoms with Gasteiger partial charge in [0.2, 0.25) is 6.79 Å². The molecule has 32 heavy (non-hydrogen) atoms. The van der Waals surface area contributed by atoms with Crippen LogP contribution >= 0.6 is 11.3 Å². The Hall–Kier alpha value is -3.93. The summed E-state index contributed by atoms with van der Waals surface area (Å²) in [5.41, 5.74) is 1.64. The van der Waals surface area contributed by atoms with E-state index < -0.39 is 17.8 Å². The number of hydrogen-bond acceptors (Lipinski definition) is 7. The Kier molecular flexibility index (Phi) is 4.78. The maximum atomic E-state index is 13.6. The number of alkyl halides is 3. The Morgan fingerprint density at radius 3 is 2.81 bits per heavy atom. The third-order valence-corrected chi connectivity index (χ3v) is 5.39. The van der Waals surface area contributed by atoms with Crippen molar-refractivity contribution >= 4 is 29.1 Å². The quantitative estimate of drug-likeness (QED) is 0.369. The number of nitrogens with zero attached hydrogens (tertiary/aromatic N) is 4. The van der Waals surface area contributed by atoms with Crippen LogP contribution < -0.4 is 14.9 Å². The summed E-state index contributed by atoms with van der Waals surface area (Å²) in [6.07, 6.45) is -3.32. The second-order valence-electron chi connectivity index (χ2n) is 6.61. The first-order chi connectivity index (χ1) is 15.4. The summed E-state index contributed by atoms with van der Waals surface area (Å²) in [5, 5.41) is 9.36. The number of benzene rings is 1. The minimum atomic E-state index is -4.69. The molecular formula is C20H12F3N5O3S. The van der Waals surface area contributed by atoms with E-state index in [2.05, 4.69) is 20.6 Å². The first-order valence-corrected chi connectivity index (χ1v) is 10.0. The number of rotatable bonds is 4. The standard InChI is InChI=1S/C20H12F3N5O3S/c21-20(22,23)17-7-12(16-2-1-5-32-16)25-18-8-13(27-28(17)18)19(29)26-24-9-11-3-4-14-15(6-11)31-10-30-14/h1-9H,10H2,(H,26,29)/b24-9+. The highest BCUT2D eigenvalue weighted by molar-refractivity contribution is 7.13.